The van der Waals surface area contributed by atoms with E-state index in [-0.39, 0.29) is 11.9 Å². The van der Waals surface area contributed by atoms with Gasteiger partial charge in [0.1, 0.15) is 5.82 Å². The maximum Gasteiger partial charge on any atom is 0.146 e. The number of halogens is 1. The van der Waals surface area contributed by atoms with Crippen LogP contribution in [0.3, 0.4) is 0 Å². The maximum absolute atomic E-state index is 13.8. The number of hydrogen-bond donors (Lipinski definition) is 1. The van der Waals surface area contributed by atoms with Crippen molar-refractivity contribution in [3.8, 4) is 0 Å². The van der Waals surface area contributed by atoms with Crippen molar-refractivity contribution in [3.63, 3.8) is 0 Å². The van der Waals surface area contributed by atoms with Gasteiger partial charge in [0.15, 0.2) is 0 Å². The van der Waals surface area contributed by atoms with Gasteiger partial charge in [-0.2, -0.15) is 0 Å². The van der Waals surface area contributed by atoms with Gasteiger partial charge in [-0.25, -0.2) is 4.39 Å². The molecule has 0 saturated heterocycles. The molecule has 0 saturated carbocycles. The van der Waals surface area contributed by atoms with Gasteiger partial charge in [0, 0.05) is 26.2 Å². The van der Waals surface area contributed by atoms with Gasteiger partial charge in [-0.1, -0.05) is 6.07 Å². The molecule has 2 N–H and O–H groups in total. The van der Waals surface area contributed by atoms with Crippen LogP contribution in [-0.2, 0) is 4.74 Å². The van der Waals surface area contributed by atoms with Crippen LogP contribution in [0.2, 0.25) is 0 Å². The first-order valence-corrected chi connectivity index (χ1v) is 5.90. The lowest BCUT2D eigenvalue weighted by atomic mass is 10.1. The second-order valence-electron chi connectivity index (χ2n) is 4.12. The average Bonchev–Trinajstić information content (AvgIpc) is 2.28. The number of likely N-dealkylation sites (N-methyl/N-ethyl adjacent to an activating group) is 1. The molecular formula is C13H21FN2O. The van der Waals surface area contributed by atoms with Crippen molar-refractivity contribution in [3.05, 3.63) is 29.6 Å². The van der Waals surface area contributed by atoms with E-state index in [4.69, 9.17) is 10.5 Å². The van der Waals surface area contributed by atoms with Crippen LogP contribution in [0.5, 0.6) is 0 Å². The van der Waals surface area contributed by atoms with E-state index >= 15 is 0 Å². The smallest absolute Gasteiger partial charge is 0.146 e. The van der Waals surface area contributed by atoms with Crippen LogP contribution in [0.15, 0.2) is 18.2 Å². The number of rotatable bonds is 6. The number of nitrogens with two attached hydrogens (primary N) is 1. The number of benzene rings is 1. The Hall–Kier alpha value is -1.13. The quantitative estimate of drug-likeness (QED) is 0.775. The molecule has 0 heterocycles. The molecule has 1 rings (SSSR count). The highest BCUT2D eigenvalue weighted by Crippen LogP contribution is 2.21. The highest BCUT2D eigenvalue weighted by molar-refractivity contribution is 5.48. The Labute approximate surface area is 102 Å². The van der Waals surface area contributed by atoms with Crippen molar-refractivity contribution in [2.75, 3.05) is 31.7 Å². The summed E-state index contributed by atoms with van der Waals surface area (Å²) in [5.41, 5.74) is 7.09. The summed E-state index contributed by atoms with van der Waals surface area (Å²) >= 11 is 0. The van der Waals surface area contributed by atoms with E-state index in [1.54, 1.807) is 6.07 Å². The highest BCUT2D eigenvalue weighted by atomic mass is 19.1. The van der Waals surface area contributed by atoms with Gasteiger partial charge >= 0.3 is 0 Å². The lowest BCUT2D eigenvalue weighted by Crippen LogP contribution is -2.23. The normalized spacial score (nSPS) is 12.5. The summed E-state index contributed by atoms with van der Waals surface area (Å²) in [5, 5.41) is 0. The zero-order chi connectivity index (χ0) is 12.8. The lowest BCUT2D eigenvalue weighted by Gasteiger charge is -2.20. The largest absolute Gasteiger partial charge is 0.380 e. The standard InChI is InChI=1S/C13H21FN2O/c1-4-17-8-7-16(3)13-6-5-11(10(2)15)9-12(13)14/h5-6,9-10H,4,7-8,15H2,1-3H3. The first-order valence-electron chi connectivity index (χ1n) is 5.90. The van der Waals surface area contributed by atoms with Gasteiger partial charge in [0.05, 0.1) is 12.3 Å². The summed E-state index contributed by atoms with van der Waals surface area (Å²) < 4.78 is 19.1. The Morgan fingerprint density at radius 1 is 1.47 bits per heavy atom. The average molecular weight is 240 g/mol. The summed E-state index contributed by atoms with van der Waals surface area (Å²) in [6.45, 7) is 5.73. The number of nitrogens with zero attached hydrogens (tertiary/aromatic N) is 1. The zero-order valence-corrected chi connectivity index (χ0v) is 10.7. The lowest BCUT2D eigenvalue weighted by molar-refractivity contribution is 0.154. The summed E-state index contributed by atoms with van der Waals surface area (Å²) in [6, 6.07) is 4.98. The Morgan fingerprint density at radius 2 is 2.18 bits per heavy atom. The molecular weight excluding hydrogens is 219 g/mol. The molecule has 1 unspecified atom stereocenters. The number of hydrogen-bond acceptors (Lipinski definition) is 3. The molecule has 0 amide bonds. The first-order chi connectivity index (χ1) is 8.06. The Balaban J connectivity index is 2.70. The molecule has 1 aromatic carbocycles. The number of anilines is 1. The Kier molecular flexibility index (Phi) is 5.38. The SMILES string of the molecule is CCOCCN(C)c1ccc(C(C)N)cc1F. The van der Waals surface area contributed by atoms with Crippen molar-refractivity contribution in [1.29, 1.82) is 0 Å². The van der Waals surface area contributed by atoms with Gasteiger partial charge in [-0.05, 0) is 31.5 Å². The second-order valence-corrected chi connectivity index (χ2v) is 4.12. The van der Waals surface area contributed by atoms with Crippen LogP contribution in [-0.4, -0.2) is 26.8 Å². The van der Waals surface area contributed by atoms with Crippen LogP contribution in [0.4, 0.5) is 10.1 Å². The fraction of sp³-hybridized carbons (Fsp3) is 0.538. The molecule has 3 nitrogen and oxygen atoms in total. The minimum Gasteiger partial charge on any atom is -0.380 e. The van der Waals surface area contributed by atoms with Crippen molar-refractivity contribution < 1.29 is 9.13 Å². The molecule has 96 valence electrons. The maximum atomic E-state index is 13.8. The van der Waals surface area contributed by atoms with Crippen LogP contribution in [0, 0.1) is 5.82 Å². The first kappa shape index (κ1) is 13.9. The van der Waals surface area contributed by atoms with Crippen molar-refractivity contribution in [2.24, 2.45) is 5.73 Å². The van der Waals surface area contributed by atoms with E-state index in [2.05, 4.69) is 0 Å². The van der Waals surface area contributed by atoms with Gasteiger partial charge in [0.25, 0.3) is 0 Å². The monoisotopic (exact) mass is 240 g/mol. The fourth-order valence-corrected chi connectivity index (χ4v) is 1.58. The summed E-state index contributed by atoms with van der Waals surface area (Å²) in [4.78, 5) is 1.84. The molecule has 0 radical (unpaired) electrons. The molecule has 4 heteroatoms. The molecule has 17 heavy (non-hydrogen) atoms. The molecule has 0 aliphatic heterocycles. The Morgan fingerprint density at radius 3 is 2.71 bits per heavy atom. The van der Waals surface area contributed by atoms with Gasteiger partial charge in [0.2, 0.25) is 0 Å². The van der Waals surface area contributed by atoms with E-state index in [1.165, 1.54) is 6.07 Å². The zero-order valence-electron chi connectivity index (χ0n) is 10.7. The van der Waals surface area contributed by atoms with Crippen LogP contribution in [0.1, 0.15) is 25.5 Å². The molecule has 0 aliphatic carbocycles. The van der Waals surface area contributed by atoms with Crippen molar-refractivity contribution in [2.45, 2.75) is 19.9 Å². The molecule has 0 spiro atoms. The molecule has 1 aromatic rings. The van der Waals surface area contributed by atoms with E-state index in [0.29, 0.717) is 25.4 Å². The second kappa shape index (κ2) is 6.57. The third kappa shape index (κ3) is 3.98. The van der Waals surface area contributed by atoms with Crippen LogP contribution >= 0.6 is 0 Å². The summed E-state index contributed by atoms with van der Waals surface area (Å²) in [6.07, 6.45) is 0. The predicted molar refractivity (Wildman–Crippen MR) is 68.8 cm³/mol. The number of ether oxygens (including phenoxy) is 1. The highest BCUT2D eigenvalue weighted by Gasteiger charge is 2.09. The van der Waals surface area contributed by atoms with E-state index < -0.39 is 0 Å². The summed E-state index contributed by atoms with van der Waals surface area (Å²) in [5.74, 6) is -0.237. The summed E-state index contributed by atoms with van der Waals surface area (Å²) in [7, 11) is 1.85. The van der Waals surface area contributed by atoms with E-state index in [9.17, 15) is 4.39 Å². The van der Waals surface area contributed by atoms with Crippen LogP contribution < -0.4 is 10.6 Å². The van der Waals surface area contributed by atoms with Gasteiger partial charge < -0.3 is 15.4 Å². The minimum absolute atomic E-state index is 0.146. The molecule has 0 bridgehead atoms. The van der Waals surface area contributed by atoms with Gasteiger partial charge in [-0.15, -0.1) is 0 Å². The fourth-order valence-electron chi connectivity index (χ4n) is 1.58. The molecule has 0 fully saturated rings. The van der Waals surface area contributed by atoms with Gasteiger partial charge in [-0.3, -0.25) is 0 Å². The molecule has 0 aromatic heterocycles. The third-order valence-electron chi connectivity index (χ3n) is 2.68. The van der Waals surface area contributed by atoms with E-state index in [1.807, 2.05) is 31.9 Å². The minimum atomic E-state index is -0.237. The van der Waals surface area contributed by atoms with Crippen LogP contribution in [0.25, 0.3) is 0 Å². The predicted octanol–water partition coefficient (Wildman–Crippen LogP) is 2.32. The topological polar surface area (TPSA) is 38.5 Å². The molecule has 1 atom stereocenters. The third-order valence-corrected chi connectivity index (χ3v) is 2.68. The van der Waals surface area contributed by atoms with Crippen molar-refractivity contribution >= 4 is 5.69 Å². The molecule has 0 aliphatic rings. The van der Waals surface area contributed by atoms with E-state index in [0.717, 1.165) is 5.56 Å². The van der Waals surface area contributed by atoms with Crippen molar-refractivity contribution in [1.82, 2.24) is 0 Å². The Bertz CT molecular complexity index is 355.